The molecule has 4 heterocycles. The largest absolute Gasteiger partial charge is 0.331 e. The van der Waals surface area contributed by atoms with E-state index in [0.29, 0.717) is 58.5 Å². The van der Waals surface area contributed by atoms with Crippen molar-refractivity contribution in [3.63, 3.8) is 0 Å². The van der Waals surface area contributed by atoms with Crippen LogP contribution in [0.3, 0.4) is 0 Å². The van der Waals surface area contributed by atoms with Gasteiger partial charge in [-0.15, -0.1) is 0 Å². The summed E-state index contributed by atoms with van der Waals surface area (Å²) in [6, 6.07) is 71.0. The average Bonchev–Trinajstić information content (AvgIpc) is 0.775. The summed E-state index contributed by atoms with van der Waals surface area (Å²) in [5.41, 5.74) is 13.8. The first-order valence-corrected chi connectivity index (χ1v) is 40.0. The molecule has 0 spiro atoms. The van der Waals surface area contributed by atoms with Crippen molar-refractivity contribution >= 4 is 80.7 Å². The molecule has 117 heavy (non-hydrogen) atoms. The number of aryl methyl sites for hydroxylation is 2. The molecule has 2 fully saturated rings. The Morgan fingerprint density at radius 1 is 0.419 bits per heavy atom. The van der Waals surface area contributed by atoms with Crippen LogP contribution in [-0.2, 0) is 31.2 Å². The molecule has 0 aliphatic carbocycles. The SMILES string of the molecule is CC(C)(C)c1cccc(NC(=O)C2CCCN[C@H]2c2cccc(F)c2)c1.CC(C)(C)c1cccc(NC(=O)c2cccnc2-c2cccc(F)c2)c1.CC(C)(C)c1cccc(NC(=O)c2cccnc2Cl)c1.Cc1ccccc1C(=O)Cl.Cc1ccccc1C(=O)N1CCCC(C(=O)Nc2cccc(C(C)(C)C)c2)[C@@H]1c1cccc(F)c1. The molecule has 2 aliphatic heterocycles. The number of halogens is 5. The molecule has 0 bridgehead atoms. The Morgan fingerprint density at radius 2 is 0.821 bits per heavy atom. The molecule has 9 aromatic carbocycles. The summed E-state index contributed by atoms with van der Waals surface area (Å²) in [5.74, 6) is -2.58. The number of benzene rings is 9. The number of nitrogens with zero attached hydrogens (tertiary/aromatic N) is 3. The highest BCUT2D eigenvalue weighted by molar-refractivity contribution is 6.67. The number of rotatable bonds is 13. The van der Waals surface area contributed by atoms with E-state index in [1.807, 2.05) is 141 Å². The number of carbonyl (C=O) groups is 6. The summed E-state index contributed by atoms with van der Waals surface area (Å²) in [7, 11) is 0. The van der Waals surface area contributed by atoms with Gasteiger partial charge in [-0.1, -0.05) is 216 Å². The van der Waals surface area contributed by atoms with Gasteiger partial charge in [-0.25, -0.2) is 18.2 Å². The van der Waals surface area contributed by atoms with Crippen molar-refractivity contribution in [3.05, 3.63) is 344 Å². The zero-order chi connectivity index (χ0) is 84.9. The Kier molecular flexibility index (Phi) is 31.0. The number of nitrogens with one attached hydrogen (secondary N) is 5. The lowest BCUT2D eigenvalue weighted by Crippen LogP contribution is -2.46. The lowest BCUT2D eigenvalue weighted by Gasteiger charge is -2.41. The van der Waals surface area contributed by atoms with Crippen LogP contribution in [0.4, 0.5) is 35.9 Å². The van der Waals surface area contributed by atoms with Gasteiger partial charge in [0.1, 0.15) is 22.6 Å². The third-order valence-electron chi connectivity index (χ3n) is 20.3. The van der Waals surface area contributed by atoms with Crippen molar-refractivity contribution < 1.29 is 41.9 Å². The number of anilines is 4. The van der Waals surface area contributed by atoms with Crippen LogP contribution in [0.1, 0.15) is 207 Å². The molecule has 5 N–H and O–H groups in total. The molecule has 19 heteroatoms. The Morgan fingerprint density at radius 3 is 1.28 bits per heavy atom. The molecule has 2 saturated heterocycles. The zero-order valence-corrected chi connectivity index (χ0v) is 70.5. The summed E-state index contributed by atoms with van der Waals surface area (Å²) in [6.07, 6.45) is 6.19. The number of piperidine rings is 2. The first-order chi connectivity index (χ1) is 55.4. The number of carbonyl (C=O) groups excluding carboxylic acids is 6. The van der Waals surface area contributed by atoms with Crippen LogP contribution in [0.15, 0.2) is 255 Å². The van der Waals surface area contributed by atoms with E-state index < -0.39 is 17.2 Å². The standard InChI is InChI=1S/C30H33FN2O2.C22H27FN2O.C22H21FN2O.C16H17ClN2O.C8H7ClO/c1-20-10-5-6-15-25(20)29(35)33-17-9-16-26(27(33)21-11-7-13-23(31)18-21)28(34)32-24-14-8-12-22(19-24)30(2,3)4;2*1-22(2,3)16-8-5-10-18(14-16)25-21(26)19-11-6-12-24-20(19)15-7-4-9-17(23)13-15;1-16(2,3)11-6-4-7-12(10-11)19-15(20)13-8-5-9-18-14(13)17;1-6-4-2-3-5-7(6)8(9)10/h5-8,10-15,18-19,26-27H,9,16-17H2,1-4H3,(H,32,34);4-5,7-10,13-14,19-20,24H,6,11-12H2,1-3H3,(H,25,26);4-14H,1-3H3,(H,25,26);4-10H,1-3H3,(H,19,20);2-5H,1H3/t26?,27-;19?,20-;;;/m00.../s1. The minimum atomic E-state index is -0.558. The van der Waals surface area contributed by atoms with Crippen molar-refractivity contribution in [3.8, 4) is 11.3 Å². The fraction of sp³-hybridized carbons (Fsp3) is 0.286. The molecule has 11 aromatic rings. The average molecular weight is 1620 g/mol. The van der Waals surface area contributed by atoms with Crippen LogP contribution in [0.25, 0.3) is 11.3 Å². The van der Waals surface area contributed by atoms with Gasteiger partial charge in [0, 0.05) is 64.4 Å². The molecule has 2 unspecified atom stereocenters. The van der Waals surface area contributed by atoms with Gasteiger partial charge in [-0.3, -0.25) is 33.8 Å². The minimum Gasteiger partial charge on any atom is -0.331 e. The monoisotopic (exact) mass is 1620 g/mol. The van der Waals surface area contributed by atoms with E-state index in [2.05, 4.69) is 132 Å². The molecule has 0 radical (unpaired) electrons. The third kappa shape index (κ3) is 25.6. The first-order valence-electron chi connectivity index (χ1n) is 39.3. The van der Waals surface area contributed by atoms with Gasteiger partial charge in [0.15, 0.2) is 0 Å². The van der Waals surface area contributed by atoms with Gasteiger partial charge in [0.2, 0.25) is 11.8 Å². The molecule has 608 valence electrons. The minimum absolute atomic E-state index is 0.0121. The second-order valence-electron chi connectivity index (χ2n) is 33.3. The summed E-state index contributed by atoms with van der Waals surface area (Å²) in [5, 5.41) is 15.1. The molecule has 2 aromatic heterocycles. The lowest BCUT2D eigenvalue weighted by molar-refractivity contribution is -0.123. The molecule has 5 amide bonds. The maximum Gasteiger partial charge on any atom is 0.258 e. The lowest BCUT2D eigenvalue weighted by atomic mass is 9.83. The molecule has 0 saturated carbocycles. The van der Waals surface area contributed by atoms with Gasteiger partial charge in [0.25, 0.3) is 23.0 Å². The number of aromatic nitrogens is 2. The van der Waals surface area contributed by atoms with Crippen LogP contribution < -0.4 is 26.6 Å². The van der Waals surface area contributed by atoms with Gasteiger partial charge >= 0.3 is 0 Å². The maximum absolute atomic E-state index is 14.3. The van der Waals surface area contributed by atoms with Crippen LogP contribution in [0, 0.1) is 43.1 Å². The number of likely N-dealkylation sites (tertiary alicyclic amines) is 1. The highest BCUT2D eigenvalue weighted by Crippen LogP contribution is 2.40. The number of hydrogen-bond acceptors (Lipinski definition) is 9. The van der Waals surface area contributed by atoms with Crippen LogP contribution in [0.5, 0.6) is 0 Å². The second kappa shape index (κ2) is 40.5. The van der Waals surface area contributed by atoms with Gasteiger partial charge in [-0.2, -0.15) is 0 Å². The Labute approximate surface area is 696 Å². The van der Waals surface area contributed by atoms with Crippen LogP contribution >= 0.6 is 23.2 Å². The summed E-state index contributed by atoms with van der Waals surface area (Å²) in [4.78, 5) is 85.8. The Balaban J connectivity index is 0.000000174. The second-order valence-corrected chi connectivity index (χ2v) is 34.0. The van der Waals surface area contributed by atoms with E-state index in [1.54, 1.807) is 84.0 Å². The molecule has 4 atom stereocenters. The number of pyridine rings is 2. The Bertz CT molecular complexity index is 5300. The number of hydrogen-bond donors (Lipinski definition) is 5. The number of amides is 5. The quantitative estimate of drug-likeness (QED) is 0.0552. The predicted molar refractivity (Wildman–Crippen MR) is 468 cm³/mol. The van der Waals surface area contributed by atoms with E-state index in [9.17, 15) is 41.9 Å². The molecule has 14 nitrogen and oxygen atoms in total. The molecular weight excluding hydrogens is 1510 g/mol. The van der Waals surface area contributed by atoms with Gasteiger partial charge in [-0.05, 0) is 245 Å². The fourth-order valence-corrected chi connectivity index (χ4v) is 14.1. The van der Waals surface area contributed by atoms with Crippen molar-refractivity contribution in [2.24, 2.45) is 11.8 Å². The van der Waals surface area contributed by atoms with E-state index in [1.165, 1.54) is 42.0 Å². The van der Waals surface area contributed by atoms with E-state index in [0.717, 1.165) is 75.5 Å². The Hall–Kier alpha value is -11.4. The van der Waals surface area contributed by atoms with E-state index in [-0.39, 0.29) is 85.8 Å². The highest BCUT2D eigenvalue weighted by atomic mass is 35.5. The summed E-state index contributed by atoms with van der Waals surface area (Å²) < 4.78 is 41.4. The zero-order valence-electron chi connectivity index (χ0n) is 69.0. The summed E-state index contributed by atoms with van der Waals surface area (Å²) >= 11 is 11.2. The molecule has 2 aliphatic rings. The predicted octanol–water partition coefficient (Wildman–Crippen LogP) is 23.6. The normalized spacial score (nSPS) is 15.3. The topological polar surface area (TPSA) is 192 Å². The van der Waals surface area contributed by atoms with Crippen molar-refractivity contribution in [2.45, 2.75) is 156 Å². The third-order valence-corrected chi connectivity index (χ3v) is 20.8. The van der Waals surface area contributed by atoms with Crippen LogP contribution in [-0.4, -0.2) is 62.7 Å². The fourth-order valence-electron chi connectivity index (χ4n) is 13.7. The maximum atomic E-state index is 14.3. The van der Waals surface area contributed by atoms with E-state index in [4.69, 9.17) is 23.2 Å². The van der Waals surface area contributed by atoms with Gasteiger partial charge < -0.3 is 31.5 Å². The molecule has 13 rings (SSSR count). The van der Waals surface area contributed by atoms with Crippen LogP contribution in [0.2, 0.25) is 5.15 Å². The van der Waals surface area contributed by atoms with Crippen molar-refractivity contribution in [2.75, 3.05) is 34.4 Å². The highest BCUT2D eigenvalue weighted by Gasteiger charge is 2.41. The van der Waals surface area contributed by atoms with Gasteiger partial charge in [0.05, 0.1) is 34.7 Å². The molecular formula is C98H105Cl2F3N8O6. The van der Waals surface area contributed by atoms with E-state index >= 15 is 0 Å². The van der Waals surface area contributed by atoms with Crippen molar-refractivity contribution in [1.29, 1.82) is 0 Å². The summed E-state index contributed by atoms with van der Waals surface area (Å²) in [6.45, 7) is 30.7. The first kappa shape index (κ1) is 89.6. The smallest absolute Gasteiger partial charge is 0.258 e. The van der Waals surface area contributed by atoms with Crippen molar-refractivity contribution in [1.82, 2.24) is 20.2 Å².